The van der Waals surface area contributed by atoms with Crippen LogP contribution in [-0.4, -0.2) is 53.5 Å². The third-order valence-corrected chi connectivity index (χ3v) is 3.25. The van der Waals surface area contributed by atoms with Gasteiger partial charge in [0.25, 0.3) is 5.34 Å². The van der Waals surface area contributed by atoms with E-state index in [-0.39, 0.29) is 0 Å². The summed E-state index contributed by atoms with van der Waals surface area (Å²) < 4.78 is 10.8. The Bertz CT molecular complexity index is 382. The van der Waals surface area contributed by atoms with E-state index in [2.05, 4.69) is 0 Å². The van der Waals surface area contributed by atoms with Gasteiger partial charge in [-0.3, -0.25) is 14.2 Å². The quantitative estimate of drug-likeness (QED) is 0.235. The molecule has 0 heterocycles. The first kappa shape index (κ1) is 15.5. The van der Waals surface area contributed by atoms with Gasteiger partial charge in [0, 0.05) is 6.42 Å². The van der Waals surface area contributed by atoms with E-state index < -0.39 is 43.2 Å². The number of aliphatic hydroxyl groups is 1. The van der Waals surface area contributed by atoms with Crippen LogP contribution in [0.25, 0.3) is 0 Å². The number of hydrogen-bond donors (Lipinski definition) is 6. The molecular weight excluding hydrogens is 263 g/mol. The summed E-state index contributed by atoms with van der Waals surface area (Å²) in [5.41, 5.74) is 0. The first-order valence-corrected chi connectivity index (χ1v) is 5.51. The lowest BCUT2D eigenvalue weighted by atomic mass is 10.0. The fourth-order valence-corrected chi connectivity index (χ4v) is 1.57. The van der Waals surface area contributed by atoms with Gasteiger partial charge in [-0.05, 0) is 0 Å². The summed E-state index contributed by atoms with van der Waals surface area (Å²) in [6.07, 6.45) is -1.66. The summed E-state index contributed by atoms with van der Waals surface area (Å²) in [7, 11) is -5.65. The normalized spacial score (nSPS) is 15.3. The van der Waals surface area contributed by atoms with Crippen molar-refractivity contribution < 1.29 is 49.2 Å². The molecule has 0 radical (unpaired) electrons. The van der Waals surface area contributed by atoms with E-state index in [0.717, 1.165) is 0 Å². The van der Waals surface area contributed by atoms with E-state index in [1.165, 1.54) is 0 Å². The van der Waals surface area contributed by atoms with Gasteiger partial charge in [-0.15, -0.1) is 0 Å². The van der Waals surface area contributed by atoms with Crippen LogP contribution in [0.3, 0.4) is 0 Å². The molecule has 0 aromatic carbocycles. The molecule has 0 aliphatic carbocycles. The standard InChI is InChI=1S/C6H9O10P/c7-3(8)2(4(9)10)1-6(13,5(11)12)17(14,15)16/h2,13H,1H2,(H,7,8)(H,9,10)(H,11,12)(H2,14,15,16). The molecule has 0 rings (SSSR count). The van der Waals surface area contributed by atoms with Crippen molar-refractivity contribution in [2.75, 3.05) is 0 Å². The molecule has 0 saturated heterocycles. The van der Waals surface area contributed by atoms with E-state index in [9.17, 15) is 24.1 Å². The highest BCUT2D eigenvalue weighted by atomic mass is 31.2. The second kappa shape index (κ2) is 4.80. The molecule has 0 saturated carbocycles. The Kier molecular flexibility index (Phi) is 4.38. The third kappa shape index (κ3) is 3.24. The van der Waals surface area contributed by atoms with Crippen LogP contribution in [0.4, 0.5) is 0 Å². The van der Waals surface area contributed by atoms with Gasteiger partial charge in [-0.1, -0.05) is 0 Å². The van der Waals surface area contributed by atoms with Crippen LogP contribution in [-0.2, 0) is 18.9 Å². The van der Waals surface area contributed by atoms with Gasteiger partial charge in [-0.2, -0.15) is 0 Å². The van der Waals surface area contributed by atoms with E-state index in [4.69, 9.17) is 25.1 Å². The number of carbonyl (C=O) groups is 3. The lowest BCUT2D eigenvalue weighted by molar-refractivity contribution is -0.161. The highest BCUT2D eigenvalue weighted by Gasteiger charge is 2.56. The zero-order valence-corrected chi connectivity index (χ0v) is 8.94. The molecule has 1 atom stereocenters. The Labute approximate surface area is 93.3 Å². The second-order valence-electron chi connectivity index (χ2n) is 3.10. The predicted octanol–water partition coefficient (Wildman–Crippen LogP) is -1.89. The number of carboxylic acid groups (broad SMARTS) is 3. The minimum absolute atomic E-state index is 1.66. The van der Waals surface area contributed by atoms with Gasteiger partial charge in [-0.25, -0.2) is 4.79 Å². The summed E-state index contributed by atoms with van der Waals surface area (Å²) >= 11 is 0. The Balaban J connectivity index is 5.42. The van der Waals surface area contributed by atoms with Crippen molar-refractivity contribution >= 4 is 25.5 Å². The van der Waals surface area contributed by atoms with Crippen LogP contribution in [0.15, 0.2) is 0 Å². The summed E-state index contributed by atoms with van der Waals surface area (Å²) in [5, 5.41) is 30.7. The summed E-state index contributed by atoms with van der Waals surface area (Å²) in [6.45, 7) is 0. The van der Waals surface area contributed by atoms with Gasteiger partial charge in [0.1, 0.15) is 0 Å². The predicted molar refractivity (Wildman–Crippen MR) is 48.0 cm³/mol. The molecule has 17 heavy (non-hydrogen) atoms. The third-order valence-electron chi connectivity index (χ3n) is 1.91. The molecule has 0 amide bonds. The van der Waals surface area contributed by atoms with E-state index in [0.29, 0.717) is 0 Å². The average molecular weight is 272 g/mol. The Morgan fingerprint density at radius 3 is 1.59 bits per heavy atom. The smallest absolute Gasteiger partial charge is 0.368 e. The van der Waals surface area contributed by atoms with E-state index in [1.807, 2.05) is 0 Å². The molecule has 0 aliphatic heterocycles. The molecule has 98 valence electrons. The maximum absolute atomic E-state index is 10.8. The Hall–Kier alpha value is -1.48. The number of aliphatic carboxylic acids is 3. The van der Waals surface area contributed by atoms with Crippen LogP contribution < -0.4 is 0 Å². The number of carboxylic acids is 3. The first-order chi connectivity index (χ1) is 7.43. The molecule has 0 fully saturated rings. The van der Waals surface area contributed by atoms with E-state index >= 15 is 0 Å². The maximum atomic E-state index is 10.8. The molecule has 0 aromatic heterocycles. The molecular formula is C6H9O10P. The van der Waals surface area contributed by atoms with Gasteiger partial charge in [0.15, 0.2) is 5.92 Å². The minimum atomic E-state index is -5.65. The maximum Gasteiger partial charge on any atom is 0.368 e. The van der Waals surface area contributed by atoms with E-state index in [1.54, 1.807) is 0 Å². The molecule has 10 nitrogen and oxygen atoms in total. The monoisotopic (exact) mass is 272 g/mol. The number of hydrogen-bond acceptors (Lipinski definition) is 5. The summed E-state index contributed by atoms with van der Waals surface area (Å²) in [6, 6.07) is 0. The van der Waals surface area contributed by atoms with Crippen molar-refractivity contribution in [3.05, 3.63) is 0 Å². The van der Waals surface area contributed by atoms with Crippen molar-refractivity contribution in [2.24, 2.45) is 5.92 Å². The minimum Gasteiger partial charge on any atom is -0.481 e. The lowest BCUT2D eigenvalue weighted by Crippen LogP contribution is -2.43. The summed E-state index contributed by atoms with van der Waals surface area (Å²) in [4.78, 5) is 48.6. The van der Waals surface area contributed by atoms with Gasteiger partial charge in [0.2, 0.25) is 0 Å². The molecule has 6 N–H and O–H groups in total. The van der Waals surface area contributed by atoms with Crippen LogP contribution in [0.2, 0.25) is 0 Å². The first-order valence-electron chi connectivity index (χ1n) is 3.90. The van der Waals surface area contributed by atoms with Crippen molar-refractivity contribution in [2.45, 2.75) is 11.8 Å². The van der Waals surface area contributed by atoms with Crippen LogP contribution in [0, 0.1) is 5.92 Å². The van der Waals surface area contributed by atoms with Crippen molar-refractivity contribution in [1.82, 2.24) is 0 Å². The van der Waals surface area contributed by atoms with Crippen LogP contribution in [0.1, 0.15) is 6.42 Å². The largest absolute Gasteiger partial charge is 0.481 e. The SMILES string of the molecule is O=C(O)C(CC(O)(C(=O)O)P(=O)(O)O)C(=O)O. The fourth-order valence-electron chi connectivity index (χ4n) is 0.896. The second-order valence-corrected chi connectivity index (χ2v) is 4.93. The highest BCUT2D eigenvalue weighted by molar-refractivity contribution is 7.54. The topological polar surface area (TPSA) is 190 Å². The molecule has 1 unspecified atom stereocenters. The van der Waals surface area contributed by atoms with Crippen molar-refractivity contribution in [1.29, 1.82) is 0 Å². The molecule has 11 heteroatoms. The fraction of sp³-hybridized carbons (Fsp3) is 0.500. The molecule has 0 aromatic rings. The van der Waals surface area contributed by atoms with Gasteiger partial charge < -0.3 is 30.2 Å². The molecule has 0 aliphatic rings. The summed E-state index contributed by atoms with van der Waals surface area (Å²) in [5.74, 6) is -8.90. The molecule has 0 spiro atoms. The Morgan fingerprint density at radius 2 is 1.41 bits per heavy atom. The zero-order chi connectivity index (χ0) is 14.0. The van der Waals surface area contributed by atoms with Gasteiger partial charge >= 0.3 is 25.5 Å². The zero-order valence-electron chi connectivity index (χ0n) is 8.05. The van der Waals surface area contributed by atoms with Crippen molar-refractivity contribution in [3.63, 3.8) is 0 Å². The molecule has 0 bridgehead atoms. The average Bonchev–Trinajstić information content (AvgIpc) is 2.10. The highest BCUT2D eigenvalue weighted by Crippen LogP contribution is 2.52. The van der Waals surface area contributed by atoms with Gasteiger partial charge in [0.05, 0.1) is 0 Å². The van der Waals surface area contributed by atoms with Crippen LogP contribution >= 0.6 is 7.60 Å². The lowest BCUT2D eigenvalue weighted by Gasteiger charge is -2.25. The number of rotatable bonds is 6. The van der Waals surface area contributed by atoms with Crippen LogP contribution in [0.5, 0.6) is 0 Å². The van der Waals surface area contributed by atoms with Crippen molar-refractivity contribution in [3.8, 4) is 0 Å². The Morgan fingerprint density at radius 1 is 1.06 bits per heavy atom.